The van der Waals surface area contributed by atoms with Crippen molar-refractivity contribution in [3.05, 3.63) is 29.6 Å². The topological polar surface area (TPSA) is 18.5 Å². The van der Waals surface area contributed by atoms with Crippen LogP contribution in [0.3, 0.4) is 0 Å². The van der Waals surface area contributed by atoms with Gasteiger partial charge in [0.1, 0.15) is 5.82 Å². The van der Waals surface area contributed by atoms with Crippen LogP contribution < -0.4 is 10.2 Å². The minimum atomic E-state index is -0.142. The number of likely N-dealkylation sites (N-methyl/N-ethyl adjacent to an activating group) is 1. The molecule has 1 fully saturated rings. The highest BCUT2D eigenvalue weighted by Crippen LogP contribution is 2.27. The number of hydrogen-bond acceptors (Lipinski definition) is 3. The van der Waals surface area contributed by atoms with Gasteiger partial charge in [-0.15, -0.1) is 0 Å². The predicted molar refractivity (Wildman–Crippen MR) is 82.6 cm³/mol. The number of halogens is 1. The average molecular weight is 279 g/mol. The molecule has 0 aliphatic carbocycles. The number of nitrogens with one attached hydrogen (secondary N) is 1. The van der Waals surface area contributed by atoms with Crippen molar-refractivity contribution >= 4 is 5.69 Å². The first kappa shape index (κ1) is 15.3. The van der Waals surface area contributed by atoms with E-state index in [2.05, 4.69) is 49.1 Å². The summed E-state index contributed by atoms with van der Waals surface area (Å²) in [5, 5.41) is 3.25. The van der Waals surface area contributed by atoms with Gasteiger partial charge in [-0.25, -0.2) is 4.39 Å². The molecule has 20 heavy (non-hydrogen) atoms. The van der Waals surface area contributed by atoms with Crippen LogP contribution in [0.5, 0.6) is 0 Å². The molecule has 112 valence electrons. The maximum absolute atomic E-state index is 13.8. The lowest BCUT2D eigenvalue weighted by atomic mass is 10.1. The van der Waals surface area contributed by atoms with Gasteiger partial charge < -0.3 is 15.1 Å². The van der Waals surface area contributed by atoms with E-state index in [1.54, 1.807) is 12.1 Å². The number of benzene rings is 1. The highest BCUT2D eigenvalue weighted by atomic mass is 19.1. The Morgan fingerprint density at radius 2 is 2.05 bits per heavy atom. The van der Waals surface area contributed by atoms with E-state index in [0.29, 0.717) is 12.0 Å². The fourth-order valence-electron chi connectivity index (χ4n) is 3.02. The standard InChI is InChI=1S/C16H26FN3/c1-5-18-9-13-6-14(17)8-15(7-13)20-10-12(2)16(11-20)19(3)4/h6-8,12,16,18H,5,9-11H2,1-4H3. The lowest BCUT2D eigenvalue weighted by Gasteiger charge is -2.23. The van der Waals surface area contributed by atoms with Crippen LogP contribution in [0, 0.1) is 11.7 Å². The lowest BCUT2D eigenvalue weighted by Crippen LogP contribution is -2.34. The van der Waals surface area contributed by atoms with Crippen LogP contribution in [0.25, 0.3) is 0 Å². The monoisotopic (exact) mass is 279 g/mol. The summed E-state index contributed by atoms with van der Waals surface area (Å²) in [5.74, 6) is 0.460. The SMILES string of the molecule is CCNCc1cc(F)cc(N2CC(C)C(N(C)C)C2)c1. The van der Waals surface area contributed by atoms with E-state index in [-0.39, 0.29) is 5.82 Å². The predicted octanol–water partition coefficient (Wildman–Crippen LogP) is 2.32. The summed E-state index contributed by atoms with van der Waals surface area (Å²) in [6, 6.07) is 5.92. The van der Waals surface area contributed by atoms with Gasteiger partial charge in [-0.05, 0) is 50.3 Å². The smallest absolute Gasteiger partial charge is 0.125 e. The van der Waals surface area contributed by atoms with Crippen LogP contribution >= 0.6 is 0 Å². The zero-order valence-electron chi connectivity index (χ0n) is 13.0. The number of hydrogen-bond donors (Lipinski definition) is 1. The van der Waals surface area contributed by atoms with E-state index in [4.69, 9.17) is 0 Å². The van der Waals surface area contributed by atoms with Crippen molar-refractivity contribution in [1.29, 1.82) is 0 Å². The Balaban J connectivity index is 2.14. The third kappa shape index (κ3) is 3.49. The average Bonchev–Trinajstić information content (AvgIpc) is 2.78. The molecule has 1 heterocycles. The highest BCUT2D eigenvalue weighted by molar-refractivity contribution is 5.50. The third-order valence-electron chi connectivity index (χ3n) is 4.12. The molecule has 0 spiro atoms. The molecule has 2 atom stereocenters. The van der Waals surface area contributed by atoms with E-state index in [1.165, 1.54) is 0 Å². The molecule has 3 nitrogen and oxygen atoms in total. The first-order chi connectivity index (χ1) is 9.51. The fourth-order valence-corrected chi connectivity index (χ4v) is 3.02. The number of anilines is 1. The van der Waals surface area contributed by atoms with Gasteiger partial charge in [0.15, 0.2) is 0 Å². The third-order valence-corrected chi connectivity index (χ3v) is 4.12. The summed E-state index contributed by atoms with van der Waals surface area (Å²) >= 11 is 0. The van der Waals surface area contributed by atoms with Crippen molar-refractivity contribution in [2.75, 3.05) is 38.6 Å². The van der Waals surface area contributed by atoms with Crippen molar-refractivity contribution < 1.29 is 4.39 Å². The van der Waals surface area contributed by atoms with Crippen molar-refractivity contribution in [2.24, 2.45) is 5.92 Å². The molecule has 0 amide bonds. The van der Waals surface area contributed by atoms with Crippen LogP contribution in [0.15, 0.2) is 18.2 Å². The lowest BCUT2D eigenvalue weighted by molar-refractivity contribution is 0.266. The Labute approximate surface area is 121 Å². The molecule has 1 N–H and O–H groups in total. The van der Waals surface area contributed by atoms with Crippen molar-refractivity contribution in [3.63, 3.8) is 0 Å². The summed E-state index contributed by atoms with van der Waals surface area (Å²) in [4.78, 5) is 4.57. The molecule has 1 aromatic carbocycles. The van der Waals surface area contributed by atoms with E-state index in [9.17, 15) is 4.39 Å². The highest BCUT2D eigenvalue weighted by Gasteiger charge is 2.31. The van der Waals surface area contributed by atoms with Crippen LogP contribution in [-0.4, -0.2) is 44.7 Å². The van der Waals surface area contributed by atoms with Crippen LogP contribution in [0.4, 0.5) is 10.1 Å². The van der Waals surface area contributed by atoms with Gasteiger partial charge in [-0.3, -0.25) is 0 Å². The Morgan fingerprint density at radius 1 is 1.30 bits per heavy atom. The normalized spacial score (nSPS) is 22.8. The summed E-state index contributed by atoms with van der Waals surface area (Å²) in [6.07, 6.45) is 0. The molecule has 0 aromatic heterocycles. The summed E-state index contributed by atoms with van der Waals surface area (Å²) in [6.45, 7) is 7.91. The summed E-state index contributed by atoms with van der Waals surface area (Å²) in [5.41, 5.74) is 2.02. The molecule has 0 bridgehead atoms. The molecule has 1 aliphatic rings. The fraction of sp³-hybridized carbons (Fsp3) is 0.625. The number of rotatable bonds is 5. The molecule has 1 aliphatic heterocycles. The molecular weight excluding hydrogens is 253 g/mol. The number of nitrogens with zero attached hydrogens (tertiary/aromatic N) is 2. The van der Waals surface area contributed by atoms with Gasteiger partial charge in [-0.2, -0.15) is 0 Å². The van der Waals surface area contributed by atoms with Crippen molar-refractivity contribution in [1.82, 2.24) is 10.2 Å². The van der Waals surface area contributed by atoms with Crippen LogP contribution in [0.2, 0.25) is 0 Å². The van der Waals surface area contributed by atoms with E-state index in [1.807, 2.05) is 0 Å². The zero-order valence-corrected chi connectivity index (χ0v) is 13.0. The molecule has 0 radical (unpaired) electrons. The molecule has 1 saturated heterocycles. The first-order valence-corrected chi connectivity index (χ1v) is 7.42. The van der Waals surface area contributed by atoms with E-state index < -0.39 is 0 Å². The quantitative estimate of drug-likeness (QED) is 0.892. The van der Waals surface area contributed by atoms with Gasteiger partial charge in [0.2, 0.25) is 0 Å². The minimum Gasteiger partial charge on any atom is -0.370 e. The first-order valence-electron chi connectivity index (χ1n) is 7.42. The van der Waals surface area contributed by atoms with E-state index >= 15 is 0 Å². The second-order valence-electron chi connectivity index (χ2n) is 6.01. The largest absolute Gasteiger partial charge is 0.370 e. The molecular formula is C16H26FN3. The van der Waals surface area contributed by atoms with Gasteiger partial charge in [0, 0.05) is 31.4 Å². The van der Waals surface area contributed by atoms with Crippen molar-refractivity contribution in [2.45, 2.75) is 26.4 Å². The van der Waals surface area contributed by atoms with Crippen LogP contribution in [-0.2, 0) is 6.54 Å². The maximum atomic E-state index is 13.8. The molecule has 2 rings (SSSR count). The minimum absolute atomic E-state index is 0.142. The van der Waals surface area contributed by atoms with Gasteiger partial charge >= 0.3 is 0 Å². The van der Waals surface area contributed by atoms with Crippen molar-refractivity contribution in [3.8, 4) is 0 Å². The molecule has 1 aromatic rings. The maximum Gasteiger partial charge on any atom is 0.125 e. The second-order valence-corrected chi connectivity index (χ2v) is 6.01. The Morgan fingerprint density at radius 3 is 2.65 bits per heavy atom. The Hall–Kier alpha value is -1.13. The van der Waals surface area contributed by atoms with Gasteiger partial charge in [-0.1, -0.05) is 13.8 Å². The summed E-state index contributed by atoms with van der Waals surface area (Å²) < 4.78 is 13.8. The molecule has 4 heteroatoms. The van der Waals surface area contributed by atoms with Crippen LogP contribution in [0.1, 0.15) is 19.4 Å². The Kier molecular flexibility index (Phi) is 5.00. The van der Waals surface area contributed by atoms with E-state index in [0.717, 1.165) is 37.4 Å². The Bertz CT molecular complexity index is 447. The molecule has 2 unspecified atom stereocenters. The molecule has 0 saturated carbocycles. The zero-order chi connectivity index (χ0) is 14.7. The second kappa shape index (κ2) is 6.55. The summed E-state index contributed by atoms with van der Waals surface area (Å²) in [7, 11) is 4.24. The van der Waals surface area contributed by atoms with Gasteiger partial charge in [0.25, 0.3) is 0 Å². The van der Waals surface area contributed by atoms with Gasteiger partial charge in [0.05, 0.1) is 0 Å².